The van der Waals surface area contributed by atoms with Crippen molar-refractivity contribution in [2.75, 3.05) is 0 Å². The van der Waals surface area contributed by atoms with E-state index in [1.54, 1.807) is 12.5 Å². The van der Waals surface area contributed by atoms with Gasteiger partial charge in [-0.2, -0.15) is 0 Å². The van der Waals surface area contributed by atoms with Gasteiger partial charge in [-0.25, -0.2) is 20.8 Å². The lowest BCUT2D eigenvalue weighted by atomic mass is 9.99. The van der Waals surface area contributed by atoms with Gasteiger partial charge in [0.05, 0.1) is 17.9 Å². The Labute approximate surface area is 76.7 Å². The van der Waals surface area contributed by atoms with Gasteiger partial charge in [0, 0.05) is 12.1 Å². The number of nitrogens with zero attached hydrogens (tertiary/aromatic N) is 2. The van der Waals surface area contributed by atoms with Crippen LogP contribution in [-0.4, -0.2) is 16.1 Å². The maximum absolute atomic E-state index is 5.79. The second kappa shape index (κ2) is 3.37. The first-order valence-corrected chi connectivity index (χ1v) is 4.31. The van der Waals surface area contributed by atoms with E-state index in [0.717, 1.165) is 5.69 Å². The second-order valence-corrected chi connectivity index (χ2v) is 3.29. The zero-order chi connectivity index (χ0) is 9.26. The van der Waals surface area contributed by atoms with Crippen LogP contribution in [0.5, 0.6) is 0 Å². The summed E-state index contributed by atoms with van der Waals surface area (Å²) in [4.78, 5) is 8.05. The molecule has 70 valence electrons. The largest absolute Gasteiger partial charge is 0.315 e. The Morgan fingerprint density at radius 2 is 2.31 bits per heavy atom. The molecule has 4 N–H and O–H groups in total. The highest BCUT2D eigenvalue weighted by Crippen LogP contribution is 2.23. The lowest BCUT2D eigenvalue weighted by Gasteiger charge is -2.14. The van der Waals surface area contributed by atoms with Crippen molar-refractivity contribution >= 4 is 0 Å². The number of hydrogen-bond donors (Lipinski definition) is 3. The normalized spacial score (nSPS) is 33.5. The van der Waals surface area contributed by atoms with Gasteiger partial charge in [0.25, 0.3) is 0 Å². The van der Waals surface area contributed by atoms with E-state index in [2.05, 4.69) is 27.7 Å². The molecule has 0 amide bonds. The van der Waals surface area contributed by atoms with Crippen LogP contribution in [0.25, 0.3) is 0 Å². The number of hydrazine groups is 1. The van der Waals surface area contributed by atoms with E-state index in [4.69, 9.17) is 5.73 Å². The third-order valence-electron chi connectivity index (χ3n) is 2.42. The zero-order valence-corrected chi connectivity index (χ0v) is 7.44. The first kappa shape index (κ1) is 8.55. The fourth-order valence-corrected chi connectivity index (χ4v) is 1.48. The molecule has 2 rings (SSSR count). The Morgan fingerprint density at radius 3 is 2.85 bits per heavy atom. The topological polar surface area (TPSA) is 75.9 Å². The highest BCUT2D eigenvalue weighted by Gasteiger charge is 2.31. The summed E-state index contributed by atoms with van der Waals surface area (Å²) < 4.78 is 0. The maximum atomic E-state index is 5.79. The Balaban J connectivity index is 2.19. The van der Waals surface area contributed by atoms with Gasteiger partial charge in [0.15, 0.2) is 0 Å². The summed E-state index contributed by atoms with van der Waals surface area (Å²) >= 11 is 0. The minimum atomic E-state index is -0.0139. The highest BCUT2D eigenvalue weighted by molar-refractivity contribution is 5.08. The molecule has 13 heavy (non-hydrogen) atoms. The summed E-state index contributed by atoms with van der Waals surface area (Å²) in [5, 5.41) is 0. The molecular formula is C8H13N5. The average Bonchev–Trinajstić information content (AvgIpc) is 2.49. The Kier molecular flexibility index (Phi) is 2.22. The molecule has 0 bridgehead atoms. The van der Waals surface area contributed by atoms with Gasteiger partial charge in [-0.15, -0.1) is 0 Å². The van der Waals surface area contributed by atoms with Gasteiger partial charge in [-0.1, -0.05) is 6.92 Å². The molecule has 1 saturated heterocycles. The number of nitrogens with two attached hydrogens (primary N) is 1. The molecule has 0 radical (unpaired) electrons. The van der Waals surface area contributed by atoms with Crippen LogP contribution in [-0.2, 0) is 0 Å². The first-order valence-electron chi connectivity index (χ1n) is 4.31. The van der Waals surface area contributed by atoms with Crippen LogP contribution >= 0.6 is 0 Å². The van der Waals surface area contributed by atoms with Crippen molar-refractivity contribution in [1.29, 1.82) is 0 Å². The standard InChI is InChI=1S/C8H13N5/c1-5-7(12-13-8(5)9)6-2-3-10-4-11-6/h2-5,7-8,12-13H,9H2,1H3. The third kappa shape index (κ3) is 1.53. The molecule has 3 unspecified atom stereocenters. The Hall–Kier alpha value is -1.04. The molecule has 0 saturated carbocycles. The quantitative estimate of drug-likeness (QED) is 0.544. The van der Waals surface area contributed by atoms with E-state index >= 15 is 0 Å². The van der Waals surface area contributed by atoms with Crippen molar-refractivity contribution in [2.24, 2.45) is 11.7 Å². The monoisotopic (exact) mass is 179 g/mol. The molecule has 0 spiro atoms. The van der Waals surface area contributed by atoms with E-state index in [1.165, 1.54) is 0 Å². The van der Waals surface area contributed by atoms with Gasteiger partial charge in [0.2, 0.25) is 0 Å². The summed E-state index contributed by atoms with van der Waals surface area (Å²) in [6.45, 7) is 2.09. The minimum Gasteiger partial charge on any atom is -0.315 e. The molecule has 1 aromatic heterocycles. The van der Waals surface area contributed by atoms with E-state index < -0.39 is 0 Å². The molecule has 2 heterocycles. The fourth-order valence-electron chi connectivity index (χ4n) is 1.48. The number of nitrogens with one attached hydrogen (secondary N) is 2. The van der Waals surface area contributed by atoms with E-state index in [0.29, 0.717) is 5.92 Å². The van der Waals surface area contributed by atoms with Crippen molar-refractivity contribution in [3.63, 3.8) is 0 Å². The van der Waals surface area contributed by atoms with Crippen LogP contribution < -0.4 is 16.6 Å². The number of aromatic nitrogens is 2. The van der Waals surface area contributed by atoms with Gasteiger partial charge in [0.1, 0.15) is 6.33 Å². The molecule has 3 atom stereocenters. The summed E-state index contributed by atoms with van der Waals surface area (Å²) in [7, 11) is 0. The summed E-state index contributed by atoms with van der Waals surface area (Å²) in [6, 6.07) is 2.08. The lowest BCUT2D eigenvalue weighted by molar-refractivity contribution is 0.456. The van der Waals surface area contributed by atoms with Crippen LogP contribution in [0.4, 0.5) is 0 Å². The molecule has 1 fully saturated rings. The van der Waals surface area contributed by atoms with Crippen molar-refractivity contribution in [3.8, 4) is 0 Å². The molecule has 5 nitrogen and oxygen atoms in total. The highest BCUT2D eigenvalue weighted by atomic mass is 15.5. The van der Waals surface area contributed by atoms with Gasteiger partial charge in [-0.3, -0.25) is 0 Å². The van der Waals surface area contributed by atoms with Crippen LogP contribution in [0.1, 0.15) is 18.7 Å². The fraction of sp³-hybridized carbons (Fsp3) is 0.500. The smallest absolute Gasteiger partial charge is 0.115 e. The summed E-state index contributed by atoms with van der Waals surface area (Å²) in [6.07, 6.45) is 3.27. The molecule has 0 aliphatic carbocycles. The minimum absolute atomic E-state index is 0.0139. The SMILES string of the molecule is CC1C(N)NNC1c1ccncn1. The predicted molar refractivity (Wildman–Crippen MR) is 48.2 cm³/mol. The Morgan fingerprint density at radius 1 is 1.46 bits per heavy atom. The number of hydrogen-bond acceptors (Lipinski definition) is 5. The molecule has 1 aliphatic heterocycles. The van der Waals surface area contributed by atoms with Crippen LogP contribution in [0, 0.1) is 5.92 Å². The summed E-state index contributed by atoms with van der Waals surface area (Å²) in [5.74, 6) is 0.329. The van der Waals surface area contributed by atoms with Crippen LogP contribution in [0.3, 0.4) is 0 Å². The van der Waals surface area contributed by atoms with Crippen molar-refractivity contribution in [2.45, 2.75) is 19.1 Å². The van der Waals surface area contributed by atoms with E-state index in [1.807, 2.05) is 6.07 Å². The lowest BCUT2D eigenvalue weighted by Crippen LogP contribution is -2.38. The van der Waals surface area contributed by atoms with E-state index in [9.17, 15) is 0 Å². The molecule has 1 aliphatic rings. The first-order chi connectivity index (χ1) is 6.29. The van der Waals surface area contributed by atoms with Gasteiger partial charge < -0.3 is 5.73 Å². The molecular weight excluding hydrogens is 166 g/mol. The van der Waals surface area contributed by atoms with Crippen LogP contribution in [0.2, 0.25) is 0 Å². The van der Waals surface area contributed by atoms with Gasteiger partial charge in [-0.05, 0) is 6.07 Å². The molecule has 5 heteroatoms. The second-order valence-electron chi connectivity index (χ2n) is 3.29. The van der Waals surface area contributed by atoms with Crippen LogP contribution in [0.15, 0.2) is 18.6 Å². The van der Waals surface area contributed by atoms with Crippen molar-refractivity contribution in [3.05, 3.63) is 24.3 Å². The Bertz CT molecular complexity index is 275. The molecule has 1 aromatic rings. The van der Waals surface area contributed by atoms with Crippen molar-refractivity contribution < 1.29 is 0 Å². The van der Waals surface area contributed by atoms with Gasteiger partial charge >= 0.3 is 0 Å². The molecule has 0 aromatic carbocycles. The average molecular weight is 179 g/mol. The predicted octanol–water partition coefficient (Wildman–Crippen LogP) is -0.454. The maximum Gasteiger partial charge on any atom is 0.115 e. The van der Waals surface area contributed by atoms with E-state index in [-0.39, 0.29) is 12.2 Å². The van der Waals surface area contributed by atoms with Crippen molar-refractivity contribution in [1.82, 2.24) is 20.8 Å². The summed E-state index contributed by atoms with van der Waals surface area (Å²) in [5.41, 5.74) is 12.9. The third-order valence-corrected chi connectivity index (χ3v) is 2.42. The zero-order valence-electron chi connectivity index (χ0n) is 7.44. The number of rotatable bonds is 1.